The lowest BCUT2D eigenvalue weighted by atomic mass is 9.86. The van der Waals surface area contributed by atoms with Gasteiger partial charge in [-0.1, -0.05) is 68.3 Å². The fraction of sp³-hybridized carbons (Fsp3) is 0.429. The molecule has 0 saturated heterocycles. The highest BCUT2D eigenvalue weighted by Gasteiger charge is 2.23. The molecule has 0 spiro atoms. The standard InChI is InChI=1S/C28H33N7O2/c1-2-3-12-26-31-35(18-17-22-8-4-7-11-25(22)36)28(37)34(26)19-20-13-15-21(16-14-20)23-9-5-6-10-24(23)27-29-32-33-30-27/h5-6,9-10,13-16,22H,2-4,7-8,11-12,17-19H2,1H3,(H,29,30,32,33). The van der Waals surface area contributed by atoms with Crippen LogP contribution >= 0.6 is 0 Å². The van der Waals surface area contributed by atoms with Crippen molar-refractivity contribution >= 4 is 5.78 Å². The zero-order valence-electron chi connectivity index (χ0n) is 21.3. The van der Waals surface area contributed by atoms with Crippen LogP contribution < -0.4 is 5.69 Å². The molecule has 0 bridgehead atoms. The Kier molecular flexibility index (Phi) is 7.67. The van der Waals surface area contributed by atoms with Gasteiger partial charge in [-0.2, -0.15) is 10.3 Å². The Hall–Kier alpha value is -3.88. The van der Waals surface area contributed by atoms with E-state index < -0.39 is 0 Å². The molecular formula is C28H33N7O2. The summed E-state index contributed by atoms with van der Waals surface area (Å²) in [6, 6.07) is 16.2. The van der Waals surface area contributed by atoms with E-state index in [1.165, 1.54) is 0 Å². The van der Waals surface area contributed by atoms with E-state index in [1.54, 1.807) is 9.25 Å². The fourth-order valence-electron chi connectivity index (χ4n) is 5.13. The van der Waals surface area contributed by atoms with Crippen molar-refractivity contribution in [3.05, 3.63) is 70.4 Å². The van der Waals surface area contributed by atoms with Crippen molar-refractivity contribution < 1.29 is 4.79 Å². The van der Waals surface area contributed by atoms with Gasteiger partial charge in [-0.3, -0.25) is 9.36 Å². The van der Waals surface area contributed by atoms with Crippen molar-refractivity contribution in [3.8, 4) is 22.5 Å². The SMILES string of the molecule is CCCCc1nn(CCC2CCCCC2=O)c(=O)n1Cc1ccc(-c2ccccc2-c2nn[nH]n2)cc1. The first-order chi connectivity index (χ1) is 18.1. The van der Waals surface area contributed by atoms with E-state index in [-0.39, 0.29) is 11.6 Å². The number of unbranched alkanes of at least 4 members (excludes halogenated alkanes) is 1. The third kappa shape index (κ3) is 5.60. The number of ketones is 1. The van der Waals surface area contributed by atoms with Crippen molar-refractivity contribution in [2.45, 2.75) is 71.4 Å². The van der Waals surface area contributed by atoms with E-state index in [0.717, 1.165) is 66.6 Å². The summed E-state index contributed by atoms with van der Waals surface area (Å²) >= 11 is 0. The predicted octanol–water partition coefficient (Wildman–Crippen LogP) is 4.43. The number of aromatic nitrogens is 7. The summed E-state index contributed by atoms with van der Waals surface area (Å²) in [6.07, 6.45) is 7.15. The lowest BCUT2D eigenvalue weighted by Gasteiger charge is -2.19. The van der Waals surface area contributed by atoms with Crippen LogP contribution in [-0.2, 0) is 24.3 Å². The molecule has 1 unspecified atom stereocenters. The predicted molar refractivity (Wildman–Crippen MR) is 141 cm³/mol. The molecule has 1 saturated carbocycles. The summed E-state index contributed by atoms with van der Waals surface area (Å²) in [7, 11) is 0. The third-order valence-electron chi connectivity index (χ3n) is 7.24. The number of hydrogen-bond acceptors (Lipinski definition) is 6. The van der Waals surface area contributed by atoms with Gasteiger partial charge in [0, 0.05) is 30.9 Å². The second-order valence-corrected chi connectivity index (χ2v) is 9.79. The van der Waals surface area contributed by atoms with E-state index in [4.69, 9.17) is 5.10 Å². The molecule has 5 rings (SSSR count). The molecule has 37 heavy (non-hydrogen) atoms. The number of nitrogens with zero attached hydrogens (tertiary/aromatic N) is 6. The molecule has 2 aromatic carbocycles. The van der Waals surface area contributed by atoms with Crippen LogP contribution in [-0.4, -0.2) is 40.8 Å². The minimum absolute atomic E-state index is 0.0627. The quantitative estimate of drug-likeness (QED) is 0.345. The van der Waals surface area contributed by atoms with E-state index in [0.29, 0.717) is 37.5 Å². The number of carbonyl (C=O) groups excluding carboxylic acids is 1. The fourth-order valence-corrected chi connectivity index (χ4v) is 5.13. The molecule has 1 N–H and O–H groups in total. The van der Waals surface area contributed by atoms with Crippen molar-refractivity contribution in [2.24, 2.45) is 5.92 Å². The van der Waals surface area contributed by atoms with Gasteiger partial charge in [0.2, 0.25) is 5.82 Å². The molecule has 0 amide bonds. The Morgan fingerprint density at radius 2 is 1.84 bits per heavy atom. The largest absolute Gasteiger partial charge is 0.346 e. The lowest BCUT2D eigenvalue weighted by Crippen LogP contribution is -2.28. The normalized spacial score (nSPS) is 15.8. The van der Waals surface area contributed by atoms with Gasteiger partial charge in [-0.15, -0.1) is 10.2 Å². The van der Waals surface area contributed by atoms with Gasteiger partial charge in [0.1, 0.15) is 11.6 Å². The first-order valence-corrected chi connectivity index (χ1v) is 13.3. The summed E-state index contributed by atoms with van der Waals surface area (Å²) in [5.41, 5.74) is 3.89. The first kappa shape index (κ1) is 24.8. The average Bonchev–Trinajstić information content (AvgIpc) is 3.57. The minimum Gasteiger partial charge on any atom is -0.299 e. The monoisotopic (exact) mass is 499 g/mol. The van der Waals surface area contributed by atoms with Crippen LogP contribution in [0, 0.1) is 5.92 Å². The van der Waals surface area contributed by atoms with Crippen molar-refractivity contribution in [2.75, 3.05) is 0 Å². The van der Waals surface area contributed by atoms with Crippen LogP contribution in [0.2, 0.25) is 0 Å². The van der Waals surface area contributed by atoms with Gasteiger partial charge < -0.3 is 0 Å². The maximum absolute atomic E-state index is 13.3. The molecule has 9 heteroatoms. The number of aromatic amines is 1. The summed E-state index contributed by atoms with van der Waals surface area (Å²) in [5.74, 6) is 1.76. The Labute approximate surface area is 215 Å². The smallest absolute Gasteiger partial charge is 0.299 e. The molecule has 192 valence electrons. The molecule has 2 aromatic heterocycles. The topological polar surface area (TPSA) is 111 Å². The van der Waals surface area contributed by atoms with E-state index in [9.17, 15) is 9.59 Å². The molecule has 9 nitrogen and oxygen atoms in total. The van der Waals surface area contributed by atoms with Crippen LogP contribution in [0.1, 0.15) is 63.3 Å². The first-order valence-electron chi connectivity index (χ1n) is 13.3. The summed E-state index contributed by atoms with van der Waals surface area (Å²) in [6.45, 7) is 3.10. The van der Waals surface area contributed by atoms with E-state index in [2.05, 4.69) is 51.8 Å². The maximum Gasteiger partial charge on any atom is 0.346 e. The van der Waals surface area contributed by atoms with Gasteiger partial charge in [0.05, 0.1) is 6.54 Å². The van der Waals surface area contributed by atoms with E-state index in [1.807, 2.05) is 24.3 Å². The number of hydrogen-bond donors (Lipinski definition) is 1. The van der Waals surface area contributed by atoms with Crippen LogP contribution in [0.5, 0.6) is 0 Å². The zero-order chi connectivity index (χ0) is 25.6. The Morgan fingerprint density at radius 1 is 1.03 bits per heavy atom. The zero-order valence-corrected chi connectivity index (χ0v) is 21.3. The average molecular weight is 500 g/mol. The number of aryl methyl sites for hydroxylation is 2. The van der Waals surface area contributed by atoms with Gasteiger partial charge in [-0.05, 0) is 47.6 Å². The Morgan fingerprint density at radius 3 is 2.57 bits per heavy atom. The minimum atomic E-state index is -0.0964. The number of H-pyrrole nitrogens is 1. The molecular weight excluding hydrogens is 466 g/mol. The van der Waals surface area contributed by atoms with Gasteiger partial charge >= 0.3 is 5.69 Å². The van der Waals surface area contributed by atoms with Gasteiger partial charge in [0.15, 0.2) is 0 Å². The van der Waals surface area contributed by atoms with Crippen molar-refractivity contribution in [3.63, 3.8) is 0 Å². The molecule has 1 fully saturated rings. The van der Waals surface area contributed by atoms with Crippen LogP contribution in [0.25, 0.3) is 22.5 Å². The van der Waals surface area contributed by atoms with Crippen LogP contribution in [0.15, 0.2) is 53.3 Å². The second-order valence-electron chi connectivity index (χ2n) is 9.79. The molecule has 2 heterocycles. The third-order valence-corrected chi connectivity index (χ3v) is 7.24. The summed E-state index contributed by atoms with van der Waals surface area (Å²) in [5, 5.41) is 19.1. The van der Waals surface area contributed by atoms with Crippen molar-refractivity contribution in [1.82, 2.24) is 35.0 Å². The molecule has 1 atom stereocenters. The Bertz CT molecular complexity index is 1390. The summed E-state index contributed by atoms with van der Waals surface area (Å²) in [4.78, 5) is 25.6. The number of tetrazole rings is 1. The number of nitrogens with one attached hydrogen (secondary N) is 1. The molecule has 0 radical (unpaired) electrons. The van der Waals surface area contributed by atoms with Gasteiger partial charge in [-0.25, -0.2) is 9.48 Å². The highest BCUT2D eigenvalue weighted by Crippen LogP contribution is 2.30. The molecule has 4 aromatic rings. The highest BCUT2D eigenvalue weighted by molar-refractivity contribution is 5.81. The molecule has 1 aliphatic carbocycles. The van der Waals surface area contributed by atoms with E-state index >= 15 is 0 Å². The van der Waals surface area contributed by atoms with Gasteiger partial charge in [0.25, 0.3) is 0 Å². The summed E-state index contributed by atoms with van der Waals surface area (Å²) < 4.78 is 3.36. The van der Waals surface area contributed by atoms with Crippen LogP contribution in [0.4, 0.5) is 0 Å². The second kappa shape index (κ2) is 11.5. The molecule has 0 aliphatic heterocycles. The molecule has 1 aliphatic rings. The number of benzene rings is 2. The highest BCUT2D eigenvalue weighted by atomic mass is 16.2. The van der Waals surface area contributed by atoms with Crippen molar-refractivity contribution in [1.29, 1.82) is 0 Å². The number of Topliss-reactive ketones (excluding diaryl/α,β-unsaturated/α-hetero) is 1. The number of carbonyl (C=O) groups is 1. The number of rotatable bonds is 10. The maximum atomic E-state index is 13.3. The Balaban J connectivity index is 1.36. The van der Waals surface area contributed by atoms with Crippen LogP contribution in [0.3, 0.4) is 0 Å². The lowest BCUT2D eigenvalue weighted by molar-refractivity contribution is -0.124.